The van der Waals surface area contributed by atoms with Gasteiger partial charge >= 0.3 is 0 Å². The molecule has 27 heavy (non-hydrogen) atoms. The fraction of sp³-hybridized carbons (Fsp3) is 0.667. The van der Waals surface area contributed by atoms with E-state index in [1.807, 2.05) is 12.3 Å². The Bertz CT molecular complexity index is 541. The van der Waals surface area contributed by atoms with Crippen molar-refractivity contribution in [3.63, 3.8) is 0 Å². The molecule has 0 spiro atoms. The SMILES string of the molecule is CN=C(NCCCOCCOC)NCc1cccnc1N1CCOCC1.I. The summed E-state index contributed by atoms with van der Waals surface area (Å²) in [6, 6.07) is 4.07. The van der Waals surface area contributed by atoms with Gasteiger partial charge in [0.05, 0.1) is 26.4 Å². The Kier molecular flexibility index (Phi) is 13.1. The molecule has 9 heteroatoms. The van der Waals surface area contributed by atoms with Gasteiger partial charge in [-0.1, -0.05) is 6.07 Å². The number of morpholine rings is 1. The number of anilines is 1. The summed E-state index contributed by atoms with van der Waals surface area (Å²) in [7, 11) is 3.45. The molecule has 1 aliphatic rings. The second kappa shape index (κ2) is 14.8. The standard InChI is InChI=1S/C18H31N5O3.HI/c1-19-18(21-7-4-10-25-14-13-24-2)22-15-16-5-3-6-20-17(16)23-8-11-26-12-9-23;/h3,5-6H,4,7-15H2,1-2H3,(H2,19,21,22);1H. The van der Waals surface area contributed by atoms with Crippen LogP contribution in [0.2, 0.25) is 0 Å². The lowest BCUT2D eigenvalue weighted by Crippen LogP contribution is -2.39. The van der Waals surface area contributed by atoms with Crippen LogP contribution in [0.25, 0.3) is 0 Å². The third-order valence-electron chi connectivity index (χ3n) is 4.04. The van der Waals surface area contributed by atoms with Crippen molar-refractivity contribution in [1.29, 1.82) is 0 Å². The predicted octanol–water partition coefficient (Wildman–Crippen LogP) is 1.25. The first-order valence-corrected chi connectivity index (χ1v) is 9.13. The highest BCUT2D eigenvalue weighted by molar-refractivity contribution is 14.0. The number of pyridine rings is 1. The maximum absolute atomic E-state index is 5.45. The molecule has 0 aliphatic carbocycles. The Labute approximate surface area is 179 Å². The smallest absolute Gasteiger partial charge is 0.191 e. The summed E-state index contributed by atoms with van der Waals surface area (Å²) in [5, 5.41) is 6.66. The fourth-order valence-electron chi connectivity index (χ4n) is 2.65. The molecule has 1 aromatic rings. The summed E-state index contributed by atoms with van der Waals surface area (Å²) in [6.07, 6.45) is 2.75. The van der Waals surface area contributed by atoms with E-state index in [-0.39, 0.29) is 24.0 Å². The fourth-order valence-corrected chi connectivity index (χ4v) is 2.65. The molecule has 154 valence electrons. The van der Waals surface area contributed by atoms with Crippen molar-refractivity contribution in [2.75, 3.05) is 71.7 Å². The number of ether oxygens (including phenoxy) is 3. The summed E-state index contributed by atoms with van der Waals surface area (Å²) in [5.41, 5.74) is 1.15. The molecule has 1 fully saturated rings. The lowest BCUT2D eigenvalue weighted by molar-refractivity contribution is 0.0698. The topological polar surface area (TPSA) is 80.2 Å². The third-order valence-corrected chi connectivity index (χ3v) is 4.04. The molecule has 1 saturated heterocycles. The molecule has 2 rings (SSSR count). The molecule has 0 amide bonds. The van der Waals surface area contributed by atoms with Gasteiger partial charge in [-0.2, -0.15) is 0 Å². The van der Waals surface area contributed by atoms with Crippen molar-refractivity contribution < 1.29 is 14.2 Å². The maximum Gasteiger partial charge on any atom is 0.191 e. The number of aromatic nitrogens is 1. The van der Waals surface area contributed by atoms with Crippen molar-refractivity contribution in [3.05, 3.63) is 23.9 Å². The molecule has 8 nitrogen and oxygen atoms in total. The van der Waals surface area contributed by atoms with Gasteiger partial charge in [0, 0.05) is 58.7 Å². The summed E-state index contributed by atoms with van der Waals surface area (Å²) < 4.78 is 15.8. The van der Waals surface area contributed by atoms with Crippen LogP contribution in [0.4, 0.5) is 5.82 Å². The summed E-state index contributed by atoms with van der Waals surface area (Å²) in [4.78, 5) is 11.1. The quantitative estimate of drug-likeness (QED) is 0.220. The Morgan fingerprint density at radius 2 is 2.07 bits per heavy atom. The Balaban J connectivity index is 0.00000364. The molecule has 0 bridgehead atoms. The normalized spacial score (nSPS) is 14.6. The summed E-state index contributed by atoms with van der Waals surface area (Å²) in [6.45, 7) is 6.69. The van der Waals surface area contributed by atoms with Gasteiger partial charge in [0.1, 0.15) is 5.82 Å². The number of guanidine groups is 1. The lowest BCUT2D eigenvalue weighted by Gasteiger charge is -2.29. The first kappa shape index (κ1) is 23.9. The van der Waals surface area contributed by atoms with Gasteiger partial charge in [0.2, 0.25) is 0 Å². The number of aliphatic imine (C=N–C) groups is 1. The van der Waals surface area contributed by atoms with E-state index in [2.05, 4.69) is 31.6 Å². The number of hydrogen-bond donors (Lipinski definition) is 2. The van der Waals surface area contributed by atoms with Crippen LogP contribution in [-0.2, 0) is 20.8 Å². The number of methoxy groups -OCH3 is 1. The second-order valence-electron chi connectivity index (χ2n) is 5.90. The highest BCUT2D eigenvalue weighted by Gasteiger charge is 2.15. The van der Waals surface area contributed by atoms with E-state index in [4.69, 9.17) is 14.2 Å². The minimum atomic E-state index is 0. The minimum absolute atomic E-state index is 0. The molecule has 2 N–H and O–H groups in total. The van der Waals surface area contributed by atoms with Crippen LogP contribution in [0.15, 0.2) is 23.3 Å². The lowest BCUT2D eigenvalue weighted by atomic mass is 10.2. The van der Waals surface area contributed by atoms with E-state index < -0.39 is 0 Å². The summed E-state index contributed by atoms with van der Waals surface area (Å²) in [5.74, 6) is 1.80. The van der Waals surface area contributed by atoms with Crippen LogP contribution in [-0.4, -0.2) is 77.8 Å². The molecular weight excluding hydrogens is 461 g/mol. The first-order valence-electron chi connectivity index (χ1n) is 9.13. The molecule has 0 radical (unpaired) electrons. The van der Waals surface area contributed by atoms with Gasteiger partial charge in [0.25, 0.3) is 0 Å². The zero-order valence-electron chi connectivity index (χ0n) is 16.3. The molecule has 1 aliphatic heterocycles. The van der Waals surface area contributed by atoms with E-state index >= 15 is 0 Å². The first-order chi connectivity index (χ1) is 12.8. The molecule has 0 saturated carbocycles. The monoisotopic (exact) mass is 493 g/mol. The van der Waals surface area contributed by atoms with Gasteiger partial charge in [0.15, 0.2) is 5.96 Å². The number of hydrogen-bond acceptors (Lipinski definition) is 6. The van der Waals surface area contributed by atoms with Gasteiger partial charge in [-0.15, -0.1) is 24.0 Å². The third kappa shape index (κ3) is 9.04. The zero-order chi connectivity index (χ0) is 18.5. The zero-order valence-corrected chi connectivity index (χ0v) is 18.6. The number of nitrogens with one attached hydrogen (secondary N) is 2. The Morgan fingerprint density at radius 1 is 1.26 bits per heavy atom. The van der Waals surface area contributed by atoms with Crippen LogP contribution >= 0.6 is 24.0 Å². The molecular formula is C18H32IN5O3. The van der Waals surface area contributed by atoms with Crippen LogP contribution in [0.1, 0.15) is 12.0 Å². The molecule has 0 aromatic carbocycles. The van der Waals surface area contributed by atoms with Gasteiger partial charge in [-0.3, -0.25) is 4.99 Å². The largest absolute Gasteiger partial charge is 0.382 e. The average Bonchev–Trinajstić information content (AvgIpc) is 2.70. The summed E-state index contributed by atoms with van der Waals surface area (Å²) >= 11 is 0. The van der Waals surface area contributed by atoms with Crippen LogP contribution < -0.4 is 15.5 Å². The second-order valence-corrected chi connectivity index (χ2v) is 5.90. The van der Waals surface area contributed by atoms with Crippen LogP contribution in [0.3, 0.4) is 0 Å². The maximum atomic E-state index is 5.45. The van der Waals surface area contributed by atoms with Gasteiger partial charge < -0.3 is 29.7 Å². The molecule has 0 atom stereocenters. The van der Waals surface area contributed by atoms with Crippen LogP contribution in [0, 0.1) is 0 Å². The Hall–Kier alpha value is -1.17. The number of rotatable bonds is 10. The van der Waals surface area contributed by atoms with E-state index in [0.29, 0.717) is 26.4 Å². The van der Waals surface area contributed by atoms with Crippen molar-refractivity contribution >= 4 is 35.8 Å². The van der Waals surface area contributed by atoms with Crippen LogP contribution in [0.5, 0.6) is 0 Å². The molecule has 1 aromatic heterocycles. The van der Waals surface area contributed by atoms with Crippen molar-refractivity contribution in [1.82, 2.24) is 15.6 Å². The van der Waals surface area contributed by atoms with E-state index in [0.717, 1.165) is 56.6 Å². The number of nitrogens with zero attached hydrogens (tertiary/aromatic N) is 3. The van der Waals surface area contributed by atoms with E-state index in [1.165, 1.54) is 0 Å². The molecule has 0 unspecified atom stereocenters. The van der Waals surface area contributed by atoms with Gasteiger partial charge in [-0.25, -0.2) is 4.98 Å². The average molecular weight is 493 g/mol. The van der Waals surface area contributed by atoms with Crippen molar-refractivity contribution in [2.24, 2.45) is 4.99 Å². The highest BCUT2D eigenvalue weighted by atomic mass is 127. The Morgan fingerprint density at radius 3 is 2.81 bits per heavy atom. The minimum Gasteiger partial charge on any atom is -0.382 e. The van der Waals surface area contributed by atoms with Crippen molar-refractivity contribution in [2.45, 2.75) is 13.0 Å². The van der Waals surface area contributed by atoms with Gasteiger partial charge in [-0.05, 0) is 12.5 Å². The van der Waals surface area contributed by atoms with Crippen molar-refractivity contribution in [3.8, 4) is 0 Å². The van der Waals surface area contributed by atoms with E-state index in [1.54, 1.807) is 14.2 Å². The number of halogens is 1. The highest BCUT2D eigenvalue weighted by Crippen LogP contribution is 2.18. The molecule has 2 heterocycles. The predicted molar refractivity (Wildman–Crippen MR) is 118 cm³/mol. The van der Waals surface area contributed by atoms with E-state index in [9.17, 15) is 0 Å².